The van der Waals surface area contributed by atoms with Gasteiger partial charge < -0.3 is 15.8 Å². The zero-order valence-corrected chi connectivity index (χ0v) is 19.4. The average Bonchev–Trinajstić information content (AvgIpc) is 3.18. The summed E-state index contributed by atoms with van der Waals surface area (Å²) in [6.45, 7) is 4.21. The molecule has 1 atom stereocenters. The van der Waals surface area contributed by atoms with Crippen LogP contribution in [0.5, 0.6) is 5.75 Å². The van der Waals surface area contributed by atoms with E-state index in [4.69, 9.17) is 22.1 Å². The molecule has 2 heterocycles. The molecule has 1 unspecified atom stereocenters. The number of nitrogens with zero attached hydrogens (tertiary/aromatic N) is 3. The fourth-order valence-corrected chi connectivity index (χ4v) is 4.48. The van der Waals surface area contributed by atoms with Crippen molar-refractivity contribution < 1.29 is 9.53 Å². The van der Waals surface area contributed by atoms with Crippen molar-refractivity contribution in [3.63, 3.8) is 0 Å². The van der Waals surface area contributed by atoms with Gasteiger partial charge in [-0.1, -0.05) is 66.7 Å². The number of hydrogen-bond donors (Lipinski definition) is 2. The van der Waals surface area contributed by atoms with E-state index in [2.05, 4.69) is 22.3 Å². The first-order valence-electron chi connectivity index (χ1n) is 10.3. The Bertz CT molecular complexity index is 1180. The molecule has 9 heteroatoms. The zero-order chi connectivity index (χ0) is 22.7. The fourth-order valence-electron chi connectivity index (χ4n) is 3.60. The number of para-hydroxylation sites is 1. The summed E-state index contributed by atoms with van der Waals surface area (Å²) in [4.78, 5) is 17.1. The molecular weight excluding hydrogens is 446 g/mol. The van der Waals surface area contributed by atoms with Crippen molar-refractivity contribution in [3.05, 3.63) is 76.0 Å². The number of primary amides is 1. The molecule has 0 saturated heterocycles. The normalized spacial score (nSPS) is 15.3. The zero-order valence-electron chi connectivity index (χ0n) is 17.8. The van der Waals surface area contributed by atoms with Gasteiger partial charge in [-0.05, 0) is 25.5 Å². The molecule has 166 valence electrons. The Morgan fingerprint density at radius 3 is 2.75 bits per heavy atom. The van der Waals surface area contributed by atoms with Gasteiger partial charge in [0.25, 0.3) is 0 Å². The third-order valence-electron chi connectivity index (χ3n) is 5.09. The second-order valence-electron chi connectivity index (χ2n) is 7.36. The van der Waals surface area contributed by atoms with Gasteiger partial charge in [-0.25, -0.2) is 4.68 Å². The van der Waals surface area contributed by atoms with E-state index in [-0.39, 0.29) is 6.61 Å². The summed E-state index contributed by atoms with van der Waals surface area (Å²) < 4.78 is 7.87. The molecular formula is C23H24ClN5O2S. The van der Waals surface area contributed by atoms with Crippen LogP contribution in [0, 0.1) is 0 Å². The van der Waals surface area contributed by atoms with Gasteiger partial charge in [0.1, 0.15) is 18.4 Å². The van der Waals surface area contributed by atoms with Gasteiger partial charge in [0, 0.05) is 27.6 Å². The monoisotopic (exact) mass is 469 g/mol. The third-order valence-corrected chi connectivity index (χ3v) is 6.50. The summed E-state index contributed by atoms with van der Waals surface area (Å²) in [5.41, 5.74) is 8.51. The maximum absolute atomic E-state index is 12.5. The molecule has 0 radical (unpaired) electrons. The number of allylic oxidation sites excluding steroid dienone is 1. The van der Waals surface area contributed by atoms with Gasteiger partial charge in [0.15, 0.2) is 0 Å². The Morgan fingerprint density at radius 1 is 1.25 bits per heavy atom. The molecule has 0 saturated carbocycles. The van der Waals surface area contributed by atoms with Crippen LogP contribution in [-0.4, -0.2) is 26.4 Å². The van der Waals surface area contributed by atoms with Gasteiger partial charge in [-0.2, -0.15) is 4.98 Å². The largest absolute Gasteiger partial charge is 0.488 e. The lowest BCUT2D eigenvalue weighted by molar-refractivity contribution is -0.115. The molecule has 1 aromatic heterocycles. The van der Waals surface area contributed by atoms with Crippen molar-refractivity contribution in [2.75, 3.05) is 11.1 Å². The maximum Gasteiger partial charge on any atom is 0.248 e. The van der Waals surface area contributed by atoms with Crippen molar-refractivity contribution in [3.8, 4) is 5.75 Å². The summed E-state index contributed by atoms with van der Waals surface area (Å²) in [5, 5.41) is 9.12. The highest BCUT2D eigenvalue weighted by Crippen LogP contribution is 2.39. The van der Waals surface area contributed by atoms with Gasteiger partial charge in [-0.3, -0.25) is 4.79 Å². The number of carbonyl (C=O) groups is 1. The number of ether oxygens (including phenoxy) is 1. The first kappa shape index (κ1) is 22.2. The predicted molar refractivity (Wildman–Crippen MR) is 127 cm³/mol. The molecule has 2 aromatic carbocycles. The molecule has 7 nitrogen and oxygen atoms in total. The Balaban J connectivity index is 1.75. The highest BCUT2D eigenvalue weighted by Gasteiger charge is 2.35. The number of fused-ring (bicyclic) bond motifs is 1. The minimum atomic E-state index is -0.560. The number of carbonyl (C=O) groups excluding carboxylic acids is 1. The first-order valence-corrected chi connectivity index (χ1v) is 11.7. The summed E-state index contributed by atoms with van der Waals surface area (Å²) in [6, 6.07) is 14.5. The first-order chi connectivity index (χ1) is 15.5. The highest BCUT2D eigenvalue weighted by atomic mass is 35.5. The van der Waals surface area contributed by atoms with Crippen LogP contribution in [0.1, 0.15) is 37.4 Å². The molecule has 0 aliphatic carbocycles. The van der Waals surface area contributed by atoms with Gasteiger partial charge in [-0.15, -0.1) is 5.10 Å². The minimum absolute atomic E-state index is 0.290. The second-order valence-corrected chi connectivity index (χ2v) is 8.83. The van der Waals surface area contributed by atoms with E-state index in [0.717, 1.165) is 23.3 Å². The predicted octanol–water partition coefficient (Wildman–Crippen LogP) is 4.79. The molecule has 0 bridgehead atoms. The Labute approximate surface area is 196 Å². The van der Waals surface area contributed by atoms with E-state index >= 15 is 0 Å². The number of aromatic nitrogens is 3. The number of amides is 1. The van der Waals surface area contributed by atoms with E-state index in [0.29, 0.717) is 33.1 Å². The Kier molecular flexibility index (Phi) is 6.72. The molecule has 3 aromatic rings. The molecule has 1 aliphatic heterocycles. The second kappa shape index (κ2) is 9.67. The number of anilines is 1. The molecule has 3 N–H and O–H groups in total. The van der Waals surface area contributed by atoms with Crippen LogP contribution in [0.15, 0.2) is 65.0 Å². The lowest BCUT2D eigenvalue weighted by Crippen LogP contribution is -2.32. The lowest BCUT2D eigenvalue weighted by Gasteiger charge is -2.28. The number of thioether (sulfide) groups is 1. The van der Waals surface area contributed by atoms with Crippen molar-refractivity contribution in [1.82, 2.24) is 14.8 Å². The SMILES string of the molecule is CCCSc1nc2n(n1)C(c1ccccc1OCc1ccccc1Cl)C(C(N)=O)=C(C)N2. The standard InChI is InChI=1S/C23H24ClN5O2S/c1-3-12-32-23-27-22-26-14(2)19(21(25)30)20(29(22)28-23)16-9-5-7-11-18(16)31-13-15-8-4-6-10-17(15)24/h4-11,20H,3,12-13H2,1-2H3,(H2,25,30)(H,26,27,28). The fraction of sp³-hybridized carbons (Fsp3) is 0.261. The van der Waals surface area contributed by atoms with Crippen molar-refractivity contribution in [1.29, 1.82) is 0 Å². The number of halogens is 1. The number of nitrogens with one attached hydrogen (secondary N) is 1. The van der Waals surface area contributed by atoms with Crippen molar-refractivity contribution in [2.24, 2.45) is 5.73 Å². The summed E-state index contributed by atoms with van der Waals surface area (Å²) >= 11 is 7.86. The van der Waals surface area contributed by atoms with E-state index in [1.54, 1.807) is 16.4 Å². The van der Waals surface area contributed by atoms with Crippen LogP contribution < -0.4 is 15.8 Å². The summed E-state index contributed by atoms with van der Waals surface area (Å²) in [6.07, 6.45) is 1.01. The minimum Gasteiger partial charge on any atom is -0.488 e. The van der Waals surface area contributed by atoms with E-state index in [1.165, 1.54) is 0 Å². The molecule has 32 heavy (non-hydrogen) atoms. The third kappa shape index (κ3) is 4.47. The smallest absolute Gasteiger partial charge is 0.248 e. The quantitative estimate of drug-likeness (QED) is 0.461. The van der Waals surface area contributed by atoms with E-state index < -0.39 is 11.9 Å². The molecule has 0 spiro atoms. The van der Waals surface area contributed by atoms with Crippen LogP contribution in [0.4, 0.5) is 5.95 Å². The van der Waals surface area contributed by atoms with Crippen LogP contribution in [0.25, 0.3) is 0 Å². The van der Waals surface area contributed by atoms with Crippen LogP contribution in [0.3, 0.4) is 0 Å². The summed E-state index contributed by atoms with van der Waals surface area (Å²) in [7, 11) is 0. The van der Waals surface area contributed by atoms with Gasteiger partial charge in [0.2, 0.25) is 17.0 Å². The number of benzene rings is 2. The highest BCUT2D eigenvalue weighted by molar-refractivity contribution is 7.99. The molecule has 4 rings (SSSR count). The van der Waals surface area contributed by atoms with Crippen molar-refractivity contribution in [2.45, 2.75) is 38.1 Å². The van der Waals surface area contributed by atoms with Crippen LogP contribution in [-0.2, 0) is 11.4 Å². The molecule has 1 aliphatic rings. The van der Waals surface area contributed by atoms with Crippen LogP contribution >= 0.6 is 23.4 Å². The lowest BCUT2D eigenvalue weighted by atomic mass is 9.94. The van der Waals surface area contributed by atoms with E-state index in [1.807, 2.05) is 55.5 Å². The van der Waals surface area contributed by atoms with Gasteiger partial charge >= 0.3 is 0 Å². The van der Waals surface area contributed by atoms with E-state index in [9.17, 15) is 4.79 Å². The van der Waals surface area contributed by atoms with Crippen LogP contribution in [0.2, 0.25) is 5.02 Å². The average molecular weight is 470 g/mol. The Morgan fingerprint density at radius 2 is 2.00 bits per heavy atom. The number of nitrogens with two attached hydrogens (primary N) is 1. The van der Waals surface area contributed by atoms with Crippen molar-refractivity contribution >= 4 is 35.2 Å². The number of rotatable bonds is 8. The topological polar surface area (TPSA) is 95.1 Å². The Hall–Kier alpha value is -2.97. The number of hydrogen-bond acceptors (Lipinski definition) is 6. The summed E-state index contributed by atoms with van der Waals surface area (Å²) in [5.74, 6) is 1.57. The van der Waals surface area contributed by atoms with Gasteiger partial charge in [0.05, 0.1) is 5.57 Å². The maximum atomic E-state index is 12.5. The molecule has 0 fully saturated rings. The molecule has 1 amide bonds.